The maximum absolute atomic E-state index is 12.7. The fourth-order valence-corrected chi connectivity index (χ4v) is 1.78. The summed E-state index contributed by atoms with van der Waals surface area (Å²) in [5, 5.41) is 6.42. The van der Waals surface area contributed by atoms with E-state index in [0.717, 1.165) is 12.0 Å². The SMILES string of the molecule is O=C(CO/N=C/c1ccc(F)cc1)NCCc1ccccc1. The van der Waals surface area contributed by atoms with Gasteiger partial charge in [-0.05, 0) is 29.7 Å². The first-order chi connectivity index (χ1) is 10.7. The Bertz CT molecular complexity index is 612. The van der Waals surface area contributed by atoms with E-state index in [2.05, 4.69) is 10.5 Å². The molecule has 0 atom stereocenters. The number of nitrogens with zero attached hydrogens (tertiary/aromatic N) is 1. The molecule has 0 aromatic heterocycles. The van der Waals surface area contributed by atoms with E-state index in [9.17, 15) is 9.18 Å². The molecule has 0 heterocycles. The van der Waals surface area contributed by atoms with E-state index >= 15 is 0 Å². The van der Waals surface area contributed by atoms with Crippen LogP contribution >= 0.6 is 0 Å². The van der Waals surface area contributed by atoms with Crippen LogP contribution in [0, 0.1) is 5.82 Å². The molecule has 5 heteroatoms. The minimum absolute atomic E-state index is 0.146. The van der Waals surface area contributed by atoms with Crippen molar-refractivity contribution in [3.8, 4) is 0 Å². The van der Waals surface area contributed by atoms with E-state index in [1.54, 1.807) is 12.1 Å². The highest BCUT2D eigenvalue weighted by atomic mass is 19.1. The fraction of sp³-hybridized carbons (Fsp3) is 0.176. The summed E-state index contributed by atoms with van der Waals surface area (Å²) in [4.78, 5) is 16.4. The molecule has 0 fully saturated rings. The van der Waals surface area contributed by atoms with Crippen molar-refractivity contribution in [2.45, 2.75) is 6.42 Å². The lowest BCUT2D eigenvalue weighted by molar-refractivity contribution is -0.125. The Kier molecular flexibility index (Phi) is 6.11. The minimum Gasteiger partial charge on any atom is -0.386 e. The lowest BCUT2D eigenvalue weighted by atomic mass is 10.1. The van der Waals surface area contributed by atoms with Gasteiger partial charge >= 0.3 is 0 Å². The van der Waals surface area contributed by atoms with Crippen LogP contribution in [0.1, 0.15) is 11.1 Å². The van der Waals surface area contributed by atoms with Gasteiger partial charge in [0.1, 0.15) is 5.82 Å². The van der Waals surface area contributed by atoms with E-state index in [1.807, 2.05) is 30.3 Å². The van der Waals surface area contributed by atoms with Crippen LogP contribution in [0.4, 0.5) is 4.39 Å². The van der Waals surface area contributed by atoms with E-state index in [1.165, 1.54) is 18.3 Å². The molecule has 4 nitrogen and oxygen atoms in total. The minimum atomic E-state index is -0.309. The molecule has 0 radical (unpaired) electrons. The third kappa shape index (κ3) is 5.75. The Morgan fingerprint density at radius 3 is 2.59 bits per heavy atom. The molecule has 22 heavy (non-hydrogen) atoms. The van der Waals surface area contributed by atoms with Gasteiger partial charge in [-0.15, -0.1) is 0 Å². The Balaban J connectivity index is 1.62. The maximum atomic E-state index is 12.7. The number of halogens is 1. The second-order valence-electron chi connectivity index (χ2n) is 4.65. The first kappa shape index (κ1) is 15.7. The van der Waals surface area contributed by atoms with Crippen molar-refractivity contribution in [3.05, 3.63) is 71.5 Å². The summed E-state index contributed by atoms with van der Waals surface area (Å²) in [5.74, 6) is -0.539. The van der Waals surface area contributed by atoms with Crippen LogP contribution in [-0.2, 0) is 16.1 Å². The van der Waals surface area contributed by atoms with E-state index < -0.39 is 0 Å². The van der Waals surface area contributed by atoms with Crippen LogP contribution in [0.2, 0.25) is 0 Å². The quantitative estimate of drug-likeness (QED) is 0.631. The highest BCUT2D eigenvalue weighted by molar-refractivity contribution is 5.79. The highest BCUT2D eigenvalue weighted by Gasteiger charge is 2.00. The first-order valence-corrected chi connectivity index (χ1v) is 6.95. The van der Waals surface area contributed by atoms with Crippen LogP contribution in [0.15, 0.2) is 59.8 Å². The van der Waals surface area contributed by atoms with Crippen molar-refractivity contribution in [2.75, 3.05) is 13.2 Å². The first-order valence-electron chi connectivity index (χ1n) is 6.95. The molecule has 0 bridgehead atoms. The molecule has 0 aliphatic carbocycles. The molecule has 2 aromatic rings. The van der Waals surface area contributed by atoms with Crippen LogP contribution < -0.4 is 5.32 Å². The average Bonchev–Trinajstić information content (AvgIpc) is 2.54. The number of benzene rings is 2. The number of hydrogen-bond donors (Lipinski definition) is 1. The van der Waals surface area contributed by atoms with Gasteiger partial charge < -0.3 is 10.2 Å². The second-order valence-corrected chi connectivity index (χ2v) is 4.65. The summed E-state index contributed by atoms with van der Waals surface area (Å²) >= 11 is 0. The van der Waals surface area contributed by atoms with E-state index in [-0.39, 0.29) is 18.3 Å². The standard InChI is InChI=1S/C17H17FN2O2/c18-16-8-6-15(7-9-16)12-20-22-13-17(21)19-11-10-14-4-2-1-3-5-14/h1-9,12H,10-11,13H2,(H,19,21)/b20-12+. The summed E-state index contributed by atoms with van der Waals surface area (Å²) in [7, 11) is 0. The van der Waals surface area contributed by atoms with Crippen molar-refractivity contribution < 1.29 is 14.0 Å². The smallest absolute Gasteiger partial charge is 0.260 e. The van der Waals surface area contributed by atoms with E-state index in [4.69, 9.17) is 4.84 Å². The Hall–Kier alpha value is -2.69. The van der Waals surface area contributed by atoms with Crippen molar-refractivity contribution in [1.29, 1.82) is 0 Å². The molecule has 114 valence electrons. The predicted octanol–water partition coefficient (Wildman–Crippen LogP) is 2.54. The number of carbonyl (C=O) groups is 1. The van der Waals surface area contributed by atoms with Gasteiger partial charge in [-0.1, -0.05) is 47.6 Å². The molecular weight excluding hydrogens is 283 g/mol. The largest absolute Gasteiger partial charge is 0.386 e. The summed E-state index contributed by atoms with van der Waals surface area (Å²) in [6, 6.07) is 15.7. The van der Waals surface area contributed by atoms with Gasteiger partial charge in [0.05, 0.1) is 6.21 Å². The summed E-state index contributed by atoms with van der Waals surface area (Å²) in [6.45, 7) is 0.403. The molecule has 0 unspecified atom stereocenters. The lowest BCUT2D eigenvalue weighted by Crippen LogP contribution is -2.28. The number of amides is 1. The second kappa shape index (κ2) is 8.56. The summed E-state index contributed by atoms with van der Waals surface area (Å²) < 4.78 is 12.7. The van der Waals surface area contributed by atoms with Gasteiger partial charge in [0.15, 0.2) is 6.61 Å². The average molecular weight is 300 g/mol. The predicted molar refractivity (Wildman–Crippen MR) is 83.1 cm³/mol. The number of rotatable bonds is 7. The van der Waals surface area contributed by atoms with Crippen LogP contribution in [0.5, 0.6) is 0 Å². The third-order valence-corrected chi connectivity index (χ3v) is 2.92. The van der Waals surface area contributed by atoms with Gasteiger partial charge in [0.2, 0.25) is 0 Å². The van der Waals surface area contributed by atoms with Crippen LogP contribution in [0.3, 0.4) is 0 Å². The van der Waals surface area contributed by atoms with Crippen LogP contribution in [-0.4, -0.2) is 25.3 Å². The summed E-state index contributed by atoms with van der Waals surface area (Å²) in [6.07, 6.45) is 2.20. The number of nitrogens with one attached hydrogen (secondary N) is 1. The third-order valence-electron chi connectivity index (χ3n) is 2.92. The van der Waals surface area contributed by atoms with Gasteiger partial charge in [-0.25, -0.2) is 4.39 Å². The molecule has 0 saturated heterocycles. The van der Waals surface area contributed by atoms with E-state index in [0.29, 0.717) is 12.1 Å². The van der Waals surface area contributed by atoms with Crippen LogP contribution in [0.25, 0.3) is 0 Å². The van der Waals surface area contributed by atoms with Gasteiger partial charge in [-0.3, -0.25) is 4.79 Å². The normalized spacial score (nSPS) is 10.6. The van der Waals surface area contributed by atoms with Crippen molar-refractivity contribution in [1.82, 2.24) is 5.32 Å². The molecule has 0 spiro atoms. The zero-order valence-electron chi connectivity index (χ0n) is 12.0. The number of carbonyl (C=O) groups excluding carboxylic acids is 1. The molecule has 0 saturated carbocycles. The Labute approximate surface area is 128 Å². The maximum Gasteiger partial charge on any atom is 0.260 e. The van der Waals surface area contributed by atoms with Crippen molar-refractivity contribution in [3.63, 3.8) is 0 Å². The van der Waals surface area contributed by atoms with Gasteiger partial charge in [0, 0.05) is 6.54 Å². The molecule has 1 amide bonds. The Morgan fingerprint density at radius 1 is 1.14 bits per heavy atom. The summed E-state index contributed by atoms with van der Waals surface area (Å²) in [5.41, 5.74) is 1.86. The molecule has 1 N–H and O–H groups in total. The topological polar surface area (TPSA) is 50.7 Å². The molecule has 0 aliphatic rings. The lowest BCUT2D eigenvalue weighted by Gasteiger charge is -2.04. The van der Waals surface area contributed by atoms with Gasteiger partial charge in [0.25, 0.3) is 5.91 Å². The fourth-order valence-electron chi connectivity index (χ4n) is 1.78. The molecule has 2 rings (SSSR count). The zero-order valence-corrected chi connectivity index (χ0v) is 12.0. The molecular formula is C17H17FN2O2. The highest BCUT2D eigenvalue weighted by Crippen LogP contribution is 2.00. The number of oxime groups is 1. The molecule has 2 aromatic carbocycles. The molecule has 0 aliphatic heterocycles. The van der Waals surface area contributed by atoms with Crippen molar-refractivity contribution >= 4 is 12.1 Å². The monoisotopic (exact) mass is 300 g/mol. The Morgan fingerprint density at radius 2 is 1.86 bits per heavy atom. The number of hydrogen-bond acceptors (Lipinski definition) is 3. The zero-order chi connectivity index (χ0) is 15.6. The van der Waals surface area contributed by atoms with Gasteiger partial charge in [-0.2, -0.15) is 0 Å². The van der Waals surface area contributed by atoms with Crippen molar-refractivity contribution in [2.24, 2.45) is 5.16 Å².